The first-order valence-electron chi connectivity index (χ1n) is 7.78. The highest BCUT2D eigenvalue weighted by Crippen LogP contribution is 2.18. The van der Waals surface area contributed by atoms with Crippen molar-refractivity contribution >= 4 is 17.2 Å². The zero-order valence-electron chi connectivity index (χ0n) is 13.3. The summed E-state index contributed by atoms with van der Waals surface area (Å²) in [4.78, 5) is 7.03. The van der Waals surface area contributed by atoms with Crippen molar-refractivity contribution in [3.63, 3.8) is 0 Å². The van der Waals surface area contributed by atoms with Crippen LogP contribution in [0, 0.1) is 0 Å². The van der Waals surface area contributed by atoms with Gasteiger partial charge >= 0.3 is 0 Å². The molecule has 0 amide bonds. The van der Waals surface area contributed by atoms with Crippen molar-refractivity contribution in [1.82, 2.24) is 0 Å². The maximum atomic E-state index is 4.87. The summed E-state index contributed by atoms with van der Waals surface area (Å²) in [6.45, 7) is 0. The van der Waals surface area contributed by atoms with Crippen molar-refractivity contribution in [2.45, 2.75) is 6.42 Å². The number of anilines is 1. The van der Waals surface area contributed by atoms with Crippen LogP contribution in [0.2, 0.25) is 0 Å². The Bertz CT molecular complexity index is 750. The van der Waals surface area contributed by atoms with Crippen molar-refractivity contribution in [2.75, 3.05) is 11.9 Å². The number of amidine groups is 1. The molecule has 0 bridgehead atoms. The number of nitrogens with zero attached hydrogens (tertiary/aromatic N) is 2. The van der Waals surface area contributed by atoms with Crippen LogP contribution in [0.3, 0.4) is 0 Å². The average molecular weight is 300 g/mol. The number of para-hydroxylation sites is 2. The quantitative estimate of drug-likeness (QED) is 0.483. The predicted octanol–water partition coefficient (Wildman–Crippen LogP) is 5.10. The number of benzene rings is 3. The third-order valence-electron chi connectivity index (χ3n) is 3.75. The smallest absolute Gasteiger partial charge is 0.113 e. The summed E-state index contributed by atoms with van der Waals surface area (Å²) in [5.41, 5.74) is 3.37. The van der Waals surface area contributed by atoms with Crippen LogP contribution in [-0.2, 0) is 6.42 Å². The van der Waals surface area contributed by atoms with E-state index in [4.69, 9.17) is 4.99 Å². The van der Waals surface area contributed by atoms with Crippen molar-refractivity contribution in [1.29, 1.82) is 0 Å². The van der Waals surface area contributed by atoms with Gasteiger partial charge in [0.15, 0.2) is 0 Å². The van der Waals surface area contributed by atoms with Gasteiger partial charge in [-0.25, -0.2) is 4.99 Å². The van der Waals surface area contributed by atoms with E-state index in [1.54, 1.807) is 0 Å². The Kier molecular flexibility index (Phi) is 4.85. The van der Waals surface area contributed by atoms with E-state index < -0.39 is 0 Å². The maximum Gasteiger partial charge on any atom is 0.113 e. The van der Waals surface area contributed by atoms with Crippen LogP contribution >= 0.6 is 0 Å². The molecule has 0 aliphatic rings. The second-order valence-corrected chi connectivity index (χ2v) is 5.42. The van der Waals surface area contributed by atoms with Gasteiger partial charge < -0.3 is 4.90 Å². The van der Waals surface area contributed by atoms with Crippen LogP contribution in [0.4, 0.5) is 11.4 Å². The molecule has 0 N–H and O–H groups in total. The molecule has 0 fully saturated rings. The molecule has 2 heteroatoms. The summed E-state index contributed by atoms with van der Waals surface area (Å²) in [5.74, 6) is 1.02. The molecule has 3 aromatic rings. The van der Waals surface area contributed by atoms with E-state index in [0.29, 0.717) is 0 Å². The van der Waals surface area contributed by atoms with Crippen LogP contribution in [0.1, 0.15) is 5.56 Å². The molecule has 0 aliphatic heterocycles. The summed E-state index contributed by atoms with van der Waals surface area (Å²) in [6.07, 6.45) is 0.793. The van der Waals surface area contributed by atoms with E-state index in [-0.39, 0.29) is 0 Å². The molecule has 0 saturated carbocycles. The molecule has 23 heavy (non-hydrogen) atoms. The average Bonchev–Trinajstić information content (AvgIpc) is 2.63. The Morgan fingerprint density at radius 2 is 1.26 bits per heavy atom. The summed E-state index contributed by atoms with van der Waals surface area (Å²) < 4.78 is 0. The van der Waals surface area contributed by atoms with Gasteiger partial charge in [0.2, 0.25) is 0 Å². The Balaban J connectivity index is 1.94. The minimum Gasteiger partial charge on any atom is -0.333 e. The standard InChI is InChI=1S/C21H20N2/c1-23(20-15-9-4-10-16-20)21(17-18-11-5-2-6-12-18)22-19-13-7-3-8-14-19/h2-16H,17H2,1H3. The molecule has 2 nitrogen and oxygen atoms in total. The van der Waals surface area contributed by atoms with E-state index in [1.807, 2.05) is 42.5 Å². The van der Waals surface area contributed by atoms with Crippen LogP contribution in [0.15, 0.2) is 96.0 Å². The van der Waals surface area contributed by atoms with Gasteiger partial charge in [0, 0.05) is 19.2 Å². The van der Waals surface area contributed by atoms with Crippen LogP contribution in [0.5, 0.6) is 0 Å². The van der Waals surface area contributed by atoms with Gasteiger partial charge in [0.05, 0.1) is 5.69 Å². The fourth-order valence-electron chi connectivity index (χ4n) is 2.46. The molecule has 114 valence electrons. The molecule has 0 aliphatic carbocycles. The molecule has 0 saturated heterocycles. The van der Waals surface area contributed by atoms with E-state index in [9.17, 15) is 0 Å². The van der Waals surface area contributed by atoms with Crippen molar-refractivity contribution in [3.05, 3.63) is 96.6 Å². The van der Waals surface area contributed by atoms with Crippen LogP contribution in [0.25, 0.3) is 0 Å². The first-order chi connectivity index (χ1) is 11.3. The molecule has 0 heterocycles. The predicted molar refractivity (Wildman–Crippen MR) is 98.5 cm³/mol. The number of hydrogen-bond donors (Lipinski definition) is 0. The zero-order valence-corrected chi connectivity index (χ0v) is 13.3. The molecular weight excluding hydrogens is 280 g/mol. The van der Waals surface area contributed by atoms with E-state index in [0.717, 1.165) is 23.6 Å². The number of likely N-dealkylation sites (N-methyl/N-ethyl adjacent to an activating group) is 1. The zero-order chi connectivity index (χ0) is 15.9. The molecule has 0 radical (unpaired) electrons. The molecule has 0 unspecified atom stereocenters. The Hall–Kier alpha value is -2.87. The lowest BCUT2D eigenvalue weighted by Crippen LogP contribution is -2.28. The Labute approximate surface area is 137 Å². The summed E-state index contributed by atoms with van der Waals surface area (Å²) in [6, 6.07) is 30.9. The van der Waals surface area contributed by atoms with Crippen LogP contribution < -0.4 is 4.90 Å². The molecular formula is C21H20N2. The summed E-state index contributed by atoms with van der Waals surface area (Å²) in [5, 5.41) is 0. The van der Waals surface area contributed by atoms with E-state index in [1.165, 1.54) is 5.56 Å². The highest BCUT2D eigenvalue weighted by molar-refractivity contribution is 6.00. The molecule has 3 aromatic carbocycles. The second kappa shape index (κ2) is 7.41. The Morgan fingerprint density at radius 3 is 1.87 bits per heavy atom. The monoisotopic (exact) mass is 300 g/mol. The van der Waals surface area contributed by atoms with Crippen molar-refractivity contribution in [2.24, 2.45) is 4.99 Å². The van der Waals surface area contributed by atoms with Gasteiger partial charge in [-0.05, 0) is 29.8 Å². The van der Waals surface area contributed by atoms with Crippen molar-refractivity contribution < 1.29 is 0 Å². The first-order valence-corrected chi connectivity index (χ1v) is 7.78. The largest absolute Gasteiger partial charge is 0.333 e. The van der Waals surface area contributed by atoms with Gasteiger partial charge in [0.1, 0.15) is 5.84 Å². The van der Waals surface area contributed by atoms with Gasteiger partial charge in [0.25, 0.3) is 0 Å². The summed E-state index contributed by atoms with van der Waals surface area (Å²) in [7, 11) is 2.07. The Morgan fingerprint density at radius 1 is 0.739 bits per heavy atom. The third-order valence-corrected chi connectivity index (χ3v) is 3.75. The number of hydrogen-bond acceptors (Lipinski definition) is 1. The SMILES string of the molecule is CN(C(Cc1ccccc1)=Nc1ccccc1)c1ccccc1. The van der Waals surface area contributed by atoms with Crippen molar-refractivity contribution in [3.8, 4) is 0 Å². The van der Waals surface area contributed by atoms with E-state index >= 15 is 0 Å². The first kappa shape index (κ1) is 15.0. The lowest BCUT2D eigenvalue weighted by Gasteiger charge is -2.22. The van der Waals surface area contributed by atoms with Crippen LogP contribution in [-0.4, -0.2) is 12.9 Å². The van der Waals surface area contributed by atoms with Gasteiger partial charge in [-0.2, -0.15) is 0 Å². The molecule has 3 rings (SSSR count). The fourth-order valence-corrected chi connectivity index (χ4v) is 2.46. The lowest BCUT2D eigenvalue weighted by molar-refractivity contribution is 1.16. The fraction of sp³-hybridized carbons (Fsp3) is 0.0952. The molecule has 0 aromatic heterocycles. The number of rotatable bonds is 4. The molecule has 0 spiro atoms. The summed E-state index contributed by atoms with van der Waals surface area (Å²) >= 11 is 0. The topological polar surface area (TPSA) is 15.6 Å². The van der Waals surface area contributed by atoms with Gasteiger partial charge in [-0.1, -0.05) is 66.7 Å². The second-order valence-electron chi connectivity index (χ2n) is 5.42. The normalized spacial score (nSPS) is 11.3. The minimum absolute atomic E-state index is 0.793. The third kappa shape index (κ3) is 4.07. The highest BCUT2D eigenvalue weighted by Gasteiger charge is 2.10. The van der Waals surface area contributed by atoms with Gasteiger partial charge in [-0.3, -0.25) is 0 Å². The maximum absolute atomic E-state index is 4.87. The number of aliphatic imine (C=N–C) groups is 1. The molecule has 0 atom stereocenters. The van der Waals surface area contributed by atoms with E-state index in [2.05, 4.69) is 60.5 Å². The minimum atomic E-state index is 0.793. The lowest BCUT2D eigenvalue weighted by atomic mass is 10.1. The highest BCUT2D eigenvalue weighted by atomic mass is 15.2. The van der Waals surface area contributed by atoms with Gasteiger partial charge in [-0.15, -0.1) is 0 Å².